The average Bonchev–Trinajstić information content (AvgIpc) is 2.99. The lowest BCUT2D eigenvalue weighted by Gasteiger charge is -2.03. The molecule has 2 N–H and O–H groups in total. The summed E-state index contributed by atoms with van der Waals surface area (Å²) in [4.78, 5) is 34.9. The van der Waals surface area contributed by atoms with E-state index in [1.807, 2.05) is 10.8 Å². The molecule has 1 aromatic carbocycles. The van der Waals surface area contributed by atoms with Gasteiger partial charge in [0.05, 0.1) is 16.8 Å². The molecule has 0 saturated carbocycles. The van der Waals surface area contributed by atoms with Crippen molar-refractivity contribution in [3.8, 4) is 0 Å². The number of amides is 3. The molecule has 94 valence electrons. The number of thiophene rings is 1. The molecular weight excluding hydrogens is 264 g/mol. The molecular formula is C13H8N2O3S. The average molecular weight is 272 g/mol. The molecule has 1 aromatic heterocycles. The maximum absolute atomic E-state index is 12.0. The topological polar surface area (TPSA) is 75.3 Å². The van der Waals surface area contributed by atoms with Crippen LogP contribution in [0.2, 0.25) is 0 Å². The second-order valence-corrected chi connectivity index (χ2v) is 4.79. The van der Waals surface area contributed by atoms with Gasteiger partial charge in [-0.3, -0.25) is 19.7 Å². The van der Waals surface area contributed by atoms with Crippen molar-refractivity contribution in [1.82, 2.24) is 5.32 Å². The fraction of sp³-hybridized carbons (Fsp3) is 0. The number of fused-ring (bicyclic) bond motifs is 1. The van der Waals surface area contributed by atoms with Gasteiger partial charge in [0.15, 0.2) is 0 Å². The Morgan fingerprint density at radius 1 is 1.11 bits per heavy atom. The smallest absolute Gasteiger partial charge is 0.258 e. The van der Waals surface area contributed by atoms with E-state index < -0.39 is 11.8 Å². The first kappa shape index (κ1) is 11.6. The highest BCUT2D eigenvalue weighted by Gasteiger charge is 2.27. The van der Waals surface area contributed by atoms with Gasteiger partial charge in [0.1, 0.15) is 0 Å². The van der Waals surface area contributed by atoms with Crippen molar-refractivity contribution in [3.63, 3.8) is 0 Å². The third kappa shape index (κ3) is 2.02. The summed E-state index contributed by atoms with van der Waals surface area (Å²) in [6, 6.07) is 6.22. The van der Waals surface area contributed by atoms with Gasteiger partial charge in [0.2, 0.25) is 0 Å². The maximum atomic E-state index is 12.0. The minimum atomic E-state index is -0.467. The molecule has 0 radical (unpaired) electrons. The summed E-state index contributed by atoms with van der Waals surface area (Å²) in [6.45, 7) is 0. The van der Waals surface area contributed by atoms with Crippen molar-refractivity contribution in [3.05, 3.63) is 51.7 Å². The second kappa shape index (κ2) is 4.33. The molecule has 1 aliphatic heterocycles. The van der Waals surface area contributed by atoms with Gasteiger partial charge in [-0.25, -0.2) is 0 Å². The van der Waals surface area contributed by atoms with Gasteiger partial charge < -0.3 is 5.32 Å². The number of anilines is 1. The Balaban J connectivity index is 1.91. The van der Waals surface area contributed by atoms with Gasteiger partial charge in [-0.2, -0.15) is 11.3 Å². The van der Waals surface area contributed by atoms with Gasteiger partial charge in [0, 0.05) is 10.9 Å². The second-order valence-electron chi connectivity index (χ2n) is 4.01. The summed E-state index contributed by atoms with van der Waals surface area (Å²) in [6.07, 6.45) is 0. The Morgan fingerprint density at radius 2 is 1.89 bits per heavy atom. The highest BCUT2D eigenvalue weighted by molar-refractivity contribution is 7.08. The van der Waals surface area contributed by atoms with E-state index in [1.165, 1.54) is 29.5 Å². The zero-order chi connectivity index (χ0) is 13.4. The summed E-state index contributed by atoms with van der Waals surface area (Å²) in [7, 11) is 0. The van der Waals surface area contributed by atoms with Crippen LogP contribution in [-0.4, -0.2) is 17.7 Å². The third-order valence-electron chi connectivity index (χ3n) is 2.78. The number of benzene rings is 1. The molecule has 0 unspecified atom stereocenters. The Labute approximate surface area is 112 Å². The summed E-state index contributed by atoms with van der Waals surface area (Å²) < 4.78 is 0. The minimum Gasteiger partial charge on any atom is -0.321 e. The highest BCUT2D eigenvalue weighted by atomic mass is 32.1. The summed E-state index contributed by atoms with van der Waals surface area (Å²) in [5.41, 5.74) is 1.59. The number of nitrogens with one attached hydrogen (secondary N) is 2. The maximum Gasteiger partial charge on any atom is 0.258 e. The summed E-state index contributed by atoms with van der Waals surface area (Å²) in [5.74, 6) is -1.21. The number of hydrogen-bond acceptors (Lipinski definition) is 4. The van der Waals surface area contributed by atoms with E-state index in [1.54, 1.807) is 6.07 Å². The van der Waals surface area contributed by atoms with Crippen LogP contribution < -0.4 is 10.6 Å². The first-order chi connectivity index (χ1) is 9.15. The molecule has 0 atom stereocenters. The van der Waals surface area contributed by atoms with E-state index in [-0.39, 0.29) is 11.5 Å². The number of carbonyl (C=O) groups is 3. The van der Waals surface area contributed by atoms with Crippen LogP contribution in [0.3, 0.4) is 0 Å². The number of rotatable bonds is 2. The van der Waals surface area contributed by atoms with Gasteiger partial charge in [-0.05, 0) is 29.6 Å². The molecule has 0 bridgehead atoms. The van der Waals surface area contributed by atoms with E-state index in [0.717, 1.165) is 0 Å². The number of hydrogen-bond donors (Lipinski definition) is 2. The van der Waals surface area contributed by atoms with Crippen molar-refractivity contribution < 1.29 is 14.4 Å². The lowest BCUT2D eigenvalue weighted by atomic mass is 10.1. The highest BCUT2D eigenvalue weighted by Crippen LogP contribution is 2.19. The lowest BCUT2D eigenvalue weighted by molar-refractivity contribution is 0.0879. The van der Waals surface area contributed by atoms with Crippen LogP contribution >= 0.6 is 11.3 Å². The Morgan fingerprint density at radius 3 is 2.63 bits per heavy atom. The Bertz CT molecular complexity index is 692. The van der Waals surface area contributed by atoms with E-state index in [2.05, 4.69) is 10.6 Å². The van der Waals surface area contributed by atoms with Gasteiger partial charge in [-0.15, -0.1) is 0 Å². The molecule has 5 nitrogen and oxygen atoms in total. The summed E-state index contributed by atoms with van der Waals surface area (Å²) >= 11 is 1.47. The molecule has 2 aromatic rings. The zero-order valence-corrected chi connectivity index (χ0v) is 10.4. The van der Waals surface area contributed by atoms with Crippen molar-refractivity contribution in [2.75, 3.05) is 5.32 Å². The van der Waals surface area contributed by atoms with Gasteiger partial charge in [0.25, 0.3) is 17.7 Å². The Kier molecular flexibility index (Phi) is 2.64. The minimum absolute atomic E-state index is 0.239. The lowest BCUT2D eigenvalue weighted by Crippen LogP contribution is -2.19. The first-order valence-electron chi connectivity index (χ1n) is 5.48. The fourth-order valence-corrected chi connectivity index (χ4v) is 2.44. The SMILES string of the molecule is O=C(Nc1ccsc1)c1ccc2c(c1)C(=O)NC2=O. The van der Waals surface area contributed by atoms with Crippen LogP contribution in [0.4, 0.5) is 5.69 Å². The number of imide groups is 1. The monoisotopic (exact) mass is 272 g/mol. The normalized spacial score (nSPS) is 13.1. The van der Waals surface area contributed by atoms with Crippen molar-refractivity contribution in [2.45, 2.75) is 0 Å². The predicted molar refractivity (Wildman–Crippen MR) is 70.5 cm³/mol. The standard InChI is InChI=1S/C13H8N2O3S/c16-11(14-8-3-4-19-6-8)7-1-2-9-10(5-7)13(18)15-12(9)17/h1-6H,(H,14,16)(H,15,17,18). The zero-order valence-electron chi connectivity index (χ0n) is 9.60. The molecule has 0 fully saturated rings. The molecule has 3 amide bonds. The van der Waals surface area contributed by atoms with E-state index in [0.29, 0.717) is 16.8 Å². The molecule has 0 spiro atoms. The Hall–Kier alpha value is -2.47. The van der Waals surface area contributed by atoms with Gasteiger partial charge >= 0.3 is 0 Å². The van der Waals surface area contributed by atoms with Crippen LogP contribution in [0.1, 0.15) is 31.1 Å². The molecule has 6 heteroatoms. The fourth-order valence-electron chi connectivity index (χ4n) is 1.85. The molecule has 2 heterocycles. The molecule has 0 saturated heterocycles. The van der Waals surface area contributed by atoms with Crippen molar-refractivity contribution in [2.24, 2.45) is 0 Å². The molecule has 3 rings (SSSR count). The molecule has 19 heavy (non-hydrogen) atoms. The molecule has 1 aliphatic rings. The van der Waals surface area contributed by atoms with Crippen LogP contribution in [0, 0.1) is 0 Å². The molecule has 0 aliphatic carbocycles. The van der Waals surface area contributed by atoms with E-state index in [4.69, 9.17) is 0 Å². The van der Waals surface area contributed by atoms with Crippen LogP contribution in [0.25, 0.3) is 0 Å². The quantitative estimate of drug-likeness (QED) is 0.820. The third-order valence-corrected chi connectivity index (χ3v) is 3.46. The van der Waals surface area contributed by atoms with Crippen LogP contribution in [-0.2, 0) is 0 Å². The van der Waals surface area contributed by atoms with E-state index >= 15 is 0 Å². The van der Waals surface area contributed by atoms with Gasteiger partial charge in [-0.1, -0.05) is 0 Å². The van der Waals surface area contributed by atoms with Crippen molar-refractivity contribution >= 4 is 34.7 Å². The van der Waals surface area contributed by atoms with E-state index in [9.17, 15) is 14.4 Å². The van der Waals surface area contributed by atoms with Crippen molar-refractivity contribution in [1.29, 1.82) is 0 Å². The predicted octanol–water partition coefficient (Wildman–Crippen LogP) is 1.88. The largest absolute Gasteiger partial charge is 0.321 e. The van der Waals surface area contributed by atoms with Crippen LogP contribution in [0.5, 0.6) is 0 Å². The first-order valence-corrected chi connectivity index (χ1v) is 6.43. The van der Waals surface area contributed by atoms with Crippen LogP contribution in [0.15, 0.2) is 35.0 Å². The summed E-state index contributed by atoms with van der Waals surface area (Å²) in [5, 5.41) is 8.55. The number of carbonyl (C=O) groups excluding carboxylic acids is 3.